The van der Waals surface area contributed by atoms with Gasteiger partial charge in [-0.25, -0.2) is 9.78 Å². The monoisotopic (exact) mass is 308 g/mol. The van der Waals surface area contributed by atoms with Crippen molar-refractivity contribution in [2.45, 2.75) is 92.3 Å². The number of benzene rings is 1. The second kappa shape index (κ2) is 9.32. The Bertz CT molecular complexity index is 394. The maximum absolute atomic E-state index is 5.09. The van der Waals surface area contributed by atoms with Crippen LogP contribution in [-0.2, 0) is 16.2 Å². The van der Waals surface area contributed by atoms with Gasteiger partial charge in [0.2, 0.25) is 0 Å². The number of hydrogen-bond donors (Lipinski definition) is 0. The van der Waals surface area contributed by atoms with Crippen LogP contribution in [0.5, 0.6) is 0 Å². The van der Waals surface area contributed by atoms with Crippen molar-refractivity contribution in [1.82, 2.24) is 0 Å². The van der Waals surface area contributed by atoms with E-state index in [4.69, 9.17) is 9.78 Å². The average molecular weight is 309 g/mol. The van der Waals surface area contributed by atoms with Gasteiger partial charge in [0.05, 0.1) is 11.2 Å². The lowest BCUT2D eigenvalue weighted by atomic mass is 9.95. The lowest BCUT2D eigenvalue weighted by Gasteiger charge is -2.24. The summed E-state index contributed by atoms with van der Waals surface area (Å²) < 4.78 is 0. The van der Waals surface area contributed by atoms with Gasteiger partial charge >= 0.3 is 0 Å². The molecule has 128 valence electrons. The van der Waals surface area contributed by atoms with Crippen LogP contribution in [0.1, 0.15) is 85.8 Å². The van der Waals surface area contributed by atoms with E-state index in [2.05, 4.69) is 45.0 Å². The summed E-state index contributed by atoms with van der Waals surface area (Å²) in [4.78, 5) is 10.2. The Morgan fingerprint density at radius 2 is 1.32 bits per heavy atom. The molecule has 0 spiro atoms. The van der Waals surface area contributed by atoms with Gasteiger partial charge in [0, 0.05) is 0 Å². The van der Waals surface area contributed by atoms with E-state index in [0.717, 1.165) is 0 Å². The maximum atomic E-state index is 5.09. The fourth-order valence-corrected chi connectivity index (χ4v) is 1.84. The van der Waals surface area contributed by atoms with Crippen molar-refractivity contribution in [3.63, 3.8) is 0 Å². The van der Waals surface area contributed by atoms with Gasteiger partial charge in [-0.2, -0.15) is 0 Å². The molecule has 2 heteroatoms. The molecule has 1 rings (SSSR count). The molecule has 0 aromatic heterocycles. The highest BCUT2D eigenvalue weighted by Gasteiger charge is 2.18. The Kier molecular flexibility index (Phi) is 8.95. The van der Waals surface area contributed by atoms with Crippen molar-refractivity contribution in [3.8, 4) is 0 Å². The molecule has 0 N–H and O–H groups in total. The van der Waals surface area contributed by atoms with E-state index in [0.29, 0.717) is 5.92 Å². The highest BCUT2D eigenvalue weighted by atomic mass is 17.2. The molecule has 1 aromatic carbocycles. The van der Waals surface area contributed by atoms with Gasteiger partial charge in [0.25, 0.3) is 0 Å². The van der Waals surface area contributed by atoms with Crippen LogP contribution >= 0.6 is 0 Å². The zero-order valence-electron chi connectivity index (χ0n) is 16.1. The Morgan fingerprint density at radius 1 is 0.864 bits per heavy atom. The van der Waals surface area contributed by atoms with Crippen LogP contribution in [0, 0.1) is 0 Å². The van der Waals surface area contributed by atoms with Crippen molar-refractivity contribution in [2.24, 2.45) is 0 Å². The van der Waals surface area contributed by atoms with Gasteiger partial charge in [-0.05, 0) is 65.0 Å². The molecule has 1 aromatic rings. The van der Waals surface area contributed by atoms with Gasteiger partial charge in [-0.15, -0.1) is 0 Å². The molecule has 0 aliphatic heterocycles. The van der Waals surface area contributed by atoms with Crippen LogP contribution in [0.3, 0.4) is 0 Å². The molecule has 0 saturated carbocycles. The van der Waals surface area contributed by atoms with Crippen LogP contribution in [0.2, 0.25) is 0 Å². The minimum absolute atomic E-state index is 0.215. The highest BCUT2D eigenvalue weighted by Crippen LogP contribution is 2.20. The van der Waals surface area contributed by atoms with Crippen molar-refractivity contribution < 1.29 is 9.78 Å². The Hall–Kier alpha value is -0.860. The highest BCUT2D eigenvalue weighted by molar-refractivity contribution is 5.29. The van der Waals surface area contributed by atoms with Gasteiger partial charge in [-0.1, -0.05) is 51.5 Å². The predicted octanol–water partition coefficient (Wildman–Crippen LogP) is 6.29. The molecular formula is C20H36O2. The summed E-state index contributed by atoms with van der Waals surface area (Å²) in [5.41, 5.74) is 2.61. The average Bonchev–Trinajstić information content (AvgIpc) is 2.36. The third kappa shape index (κ3) is 10.8. The van der Waals surface area contributed by atoms with Crippen LogP contribution in [0.15, 0.2) is 24.3 Å². The van der Waals surface area contributed by atoms with E-state index in [1.54, 1.807) is 0 Å². The zero-order valence-corrected chi connectivity index (χ0v) is 16.1. The van der Waals surface area contributed by atoms with Gasteiger partial charge in [0.15, 0.2) is 0 Å². The summed E-state index contributed by atoms with van der Waals surface area (Å²) in [5.74, 6) is 0.660. The van der Waals surface area contributed by atoms with Gasteiger partial charge in [0.1, 0.15) is 0 Å². The molecule has 0 heterocycles. The summed E-state index contributed by atoms with van der Waals surface area (Å²) in [6, 6.07) is 8.76. The Morgan fingerprint density at radius 3 is 1.68 bits per heavy atom. The summed E-state index contributed by atoms with van der Waals surface area (Å²) in [6.07, 6.45) is 2.46. The fourth-order valence-electron chi connectivity index (χ4n) is 1.84. The van der Waals surface area contributed by atoms with E-state index in [-0.39, 0.29) is 11.2 Å². The maximum Gasteiger partial charge on any atom is 0.0952 e. The molecule has 22 heavy (non-hydrogen) atoms. The standard InChI is InChI=1S/C12H18.C8H18O2/c1-4-7-11-8-5-6-9-12(11)10(2)3;1-7(2,3)9-10-8(4,5)6/h5-6,8-10H,4,7H2,1-3H3;1-6H3. The van der Waals surface area contributed by atoms with Crippen molar-refractivity contribution in [1.29, 1.82) is 0 Å². The second-order valence-electron chi connectivity index (χ2n) is 7.99. The zero-order chi connectivity index (χ0) is 17.4. The first kappa shape index (κ1) is 21.1. The molecule has 0 atom stereocenters. The van der Waals surface area contributed by atoms with Gasteiger partial charge in [-0.3, -0.25) is 0 Å². The van der Waals surface area contributed by atoms with E-state index in [1.165, 1.54) is 24.0 Å². The van der Waals surface area contributed by atoms with Crippen LogP contribution < -0.4 is 0 Å². The fraction of sp³-hybridized carbons (Fsp3) is 0.700. The van der Waals surface area contributed by atoms with E-state index < -0.39 is 0 Å². The molecule has 0 radical (unpaired) electrons. The van der Waals surface area contributed by atoms with Crippen LogP contribution in [0.25, 0.3) is 0 Å². The van der Waals surface area contributed by atoms with Gasteiger partial charge < -0.3 is 0 Å². The van der Waals surface area contributed by atoms with Crippen molar-refractivity contribution in [2.75, 3.05) is 0 Å². The van der Waals surface area contributed by atoms with Crippen molar-refractivity contribution >= 4 is 0 Å². The SMILES string of the molecule is CC(C)(C)OOC(C)(C)C.CCCc1ccccc1C(C)C. The third-order valence-corrected chi connectivity index (χ3v) is 2.74. The summed E-state index contributed by atoms with van der Waals surface area (Å²) in [7, 11) is 0. The molecule has 2 nitrogen and oxygen atoms in total. The molecule has 0 aliphatic rings. The normalized spacial score (nSPS) is 12.1. The quantitative estimate of drug-likeness (QED) is 0.480. The Labute approximate surface area is 138 Å². The topological polar surface area (TPSA) is 18.5 Å². The van der Waals surface area contributed by atoms with Crippen LogP contribution in [-0.4, -0.2) is 11.2 Å². The molecule has 0 amide bonds. The summed E-state index contributed by atoms with van der Waals surface area (Å²) in [6.45, 7) is 18.5. The van der Waals surface area contributed by atoms with E-state index in [1.807, 2.05) is 41.5 Å². The first-order valence-electron chi connectivity index (χ1n) is 8.41. The van der Waals surface area contributed by atoms with Crippen molar-refractivity contribution in [3.05, 3.63) is 35.4 Å². The molecule has 0 bridgehead atoms. The third-order valence-electron chi connectivity index (χ3n) is 2.74. The Balaban J connectivity index is 0.000000409. The molecule has 0 aliphatic carbocycles. The van der Waals surface area contributed by atoms with E-state index in [9.17, 15) is 0 Å². The minimum atomic E-state index is -0.215. The summed E-state index contributed by atoms with van der Waals surface area (Å²) in [5, 5.41) is 0. The van der Waals surface area contributed by atoms with E-state index >= 15 is 0 Å². The predicted molar refractivity (Wildman–Crippen MR) is 96.2 cm³/mol. The lowest BCUT2D eigenvalue weighted by Crippen LogP contribution is -2.27. The summed E-state index contributed by atoms with van der Waals surface area (Å²) >= 11 is 0. The number of hydrogen-bond acceptors (Lipinski definition) is 2. The van der Waals surface area contributed by atoms with Crippen LogP contribution in [0.4, 0.5) is 0 Å². The number of rotatable bonds is 4. The first-order chi connectivity index (χ1) is 9.96. The minimum Gasteiger partial charge on any atom is -0.230 e. The molecule has 0 unspecified atom stereocenters. The molecular weight excluding hydrogens is 272 g/mol. The smallest absolute Gasteiger partial charge is 0.0952 e. The largest absolute Gasteiger partial charge is 0.230 e. The first-order valence-corrected chi connectivity index (χ1v) is 8.41. The molecule has 0 saturated heterocycles. The lowest BCUT2D eigenvalue weighted by molar-refractivity contribution is -0.393. The second-order valence-corrected chi connectivity index (χ2v) is 7.99. The number of aryl methyl sites for hydroxylation is 1. The molecule has 0 fully saturated rings.